The largest absolute Gasteiger partial charge is 0.349 e. The van der Waals surface area contributed by atoms with Crippen molar-refractivity contribution in [3.8, 4) is 0 Å². The molecule has 126 valence electrons. The molecule has 1 aliphatic rings. The number of nitrogens with one attached hydrogen (secondary N) is 1. The highest BCUT2D eigenvalue weighted by Gasteiger charge is 2.38. The van der Waals surface area contributed by atoms with Gasteiger partial charge < -0.3 is 16.0 Å². The number of nitrogens with two attached hydrogens (primary N) is 1. The Kier molecular flexibility index (Phi) is 5.65. The molecule has 1 unspecified atom stereocenters. The molecule has 1 atom stereocenters. The van der Waals surface area contributed by atoms with E-state index in [9.17, 15) is 9.59 Å². The van der Waals surface area contributed by atoms with Crippen LogP contribution in [-0.4, -0.2) is 30.4 Å². The fraction of sp³-hybridized carbons (Fsp3) is 0.529. The Morgan fingerprint density at radius 3 is 2.61 bits per heavy atom. The van der Waals surface area contributed by atoms with E-state index in [2.05, 4.69) is 5.32 Å². The van der Waals surface area contributed by atoms with Crippen molar-refractivity contribution in [2.45, 2.75) is 38.6 Å². The summed E-state index contributed by atoms with van der Waals surface area (Å²) in [5.74, 6) is -0.561. The van der Waals surface area contributed by atoms with Gasteiger partial charge in [0.25, 0.3) is 0 Å². The number of carbonyl (C=O) groups excluding carboxylic acids is 2. The molecule has 3 N–H and O–H groups in total. The molecule has 0 bridgehead atoms. The van der Waals surface area contributed by atoms with Gasteiger partial charge >= 0.3 is 0 Å². The van der Waals surface area contributed by atoms with Crippen molar-refractivity contribution >= 4 is 29.1 Å². The van der Waals surface area contributed by atoms with Crippen LogP contribution in [-0.2, 0) is 9.59 Å². The molecule has 5 nitrogen and oxygen atoms in total. The zero-order valence-electron chi connectivity index (χ0n) is 13.6. The minimum Gasteiger partial charge on any atom is -0.349 e. The van der Waals surface area contributed by atoms with Crippen LogP contribution in [0.2, 0.25) is 5.02 Å². The third-order valence-corrected chi connectivity index (χ3v) is 5.09. The standard InChI is InChI=1S/C17H24ClN3O2/c1-3-17(4-2,11-19)20-16(23)12-9-15(22)21(10-12)14-8-6-5-7-13(14)18/h5-8,12H,3-4,9-11,19H2,1-2H3,(H,20,23). The van der Waals surface area contributed by atoms with Crippen LogP contribution < -0.4 is 16.0 Å². The van der Waals surface area contributed by atoms with Crippen molar-refractivity contribution < 1.29 is 9.59 Å². The molecule has 1 fully saturated rings. The third-order valence-electron chi connectivity index (χ3n) is 4.77. The Bertz CT molecular complexity index is 579. The molecular weight excluding hydrogens is 314 g/mol. The second-order valence-electron chi connectivity index (χ2n) is 6.04. The van der Waals surface area contributed by atoms with Gasteiger partial charge in [0.1, 0.15) is 0 Å². The average molecular weight is 338 g/mol. The molecule has 0 radical (unpaired) electrons. The Balaban J connectivity index is 2.11. The van der Waals surface area contributed by atoms with Crippen molar-refractivity contribution in [2.75, 3.05) is 18.0 Å². The second-order valence-corrected chi connectivity index (χ2v) is 6.44. The van der Waals surface area contributed by atoms with Crippen molar-refractivity contribution in [1.82, 2.24) is 5.32 Å². The number of anilines is 1. The van der Waals surface area contributed by atoms with Gasteiger partial charge in [-0.1, -0.05) is 37.6 Å². The number of hydrogen-bond donors (Lipinski definition) is 2. The molecule has 23 heavy (non-hydrogen) atoms. The SMILES string of the molecule is CCC(CC)(CN)NC(=O)C1CC(=O)N(c2ccccc2Cl)C1. The smallest absolute Gasteiger partial charge is 0.227 e. The summed E-state index contributed by atoms with van der Waals surface area (Å²) in [6, 6.07) is 7.18. The quantitative estimate of drug-likeness (QED) is 0.836. The van der Waals surface area contributed by atoms with E-state index in [-0.39, 0.29) is 24.2 Å². The molecule has 0 aromatic heterocycles. The summed E-state index contributed by atoms with van der Waals surface area (Å²) in [7, 11) is 0. The number of halogens is 1. The van der Waals surface area contributed by atoms with Crippen LogP contribution in [0, 0.1) is 5.92 Å². The van der Waals surface area contributed by atoms with Crippen LogP contribution in [0.25, 0.3) is 0 Å². The molecule has 2 rings (SSSR count). The van der Waals surface area contributed by atoms with E-state index in [0.717, 1.165) is 12.8 Å². The number of amides is 2. The summed E-state index contributed by atoms with van der Waals surface area (Å²) >= 11 is 6.16. The van der Waals surface area contributed by atoms with E-state index >= 15 is 0 Å². The van der Waals surface area contributed by atoms with Gasteiger partial charge in [-0.25, -0.2) is 0 Å². The molecule has 1 aliphatic heterocycles. The fourth-order valence-corrected chi connectivity index (χ4v) is 3.15. The maximum Gasteiger partial charge on any atom is 0.227 e. The second kappa shape index (κ2) is 7.32. The van der Waals surface area contributed by atoms with Crippen LogP contribution in [0.3, 0.4) is 0 Å². The van der Waals surface area contributed by atoms with Crippen LogP contribution in [0.1, 0.15) is 33.1 Å². The molecule has 2 amide bonds. The van der Waals surface area contributed by atoms with Crippen LogP contribution in [0.15, 0.2) is 24.3 Å². The first-order valence-corrected chi connectivity index (χ1v) is 8.41. The number of nitrogens with zero attached hydrogens (tertiary/aromatic N) is 1. The first-order chi connectivity index (χ1) is 11.0. The summed E-state index contributed by atoms with van der Waals surface area (Å²) in [6.45, 7) is 4.75. The third kappa shape index (κ3) is 3.67. The maximum absolute atomic E-state index is 12.6. The highest BCUT2D eigenvalue weighted by molar-refractivity contribution is 6.33. The molecule has 6 heteroatoms. The van der Waals surface area contributed by atoms with E-state index in [0.29, 0.717) is 23.8 Å². The Morgan fingerprint density at radius 1 is 1.39 bits per heavy atom. The Morgan fingerprint density at radius 2 is 2.04 bits per heavy atom. The molecule has 1 heterocycles. The minimum atomic E-state index is -0.391. The molecule has 1 aromatic carbocycles. The lowest BCUT2D eigenvalue weighted by molar-refractivity contribution is -0.128. The first-order valence-electron chi connectivity index (χ1n) is 8.03. The number of benzene rings is 1. The highest BCUT2D eigenvalue weighted by Crippen LogP contribution is 2.31. The summed E-state index contributed by atoms with van der Waals surface area (Å²) in [5, 5.41) is 3.57. The van der Waals surface area contributed by atoms with E-state index in [4.69, 9.17) is 17.3 Å². The number of para-hydroxylation sites is 1. The molecule has 0 saturated carbocycles. The minimum absolute atomic E-state index is 0.0791. The van der Waals surface area contributed by atoms with Gasteiger partial charge in [-0.15, -0.1) is 0 Å². The topological polar surface area (TPSA) is 75.4 Å². The Labute approximate surface area is 142 Å². The summed E-state index contributed by atoms with van der Waals surface area (Å²) in [6.07, 6.45) is 1.73. The van der Waals surface area contributed by atoms with E-state index in [1.807, 2.05) is 26.0 Å². The fourth-order valence-electron chi connectivity index (χ4n) is 2.92. The Hall–Kier alpha value is -1.59. The lowest BCUT2D eigenvalue weighted by atomic mass is 9.91. The summed E-state index contributed by atoms with van der Waals surface area (Å²) < 4.78 is 0. The zero-order valence-corrected chi connectivity index (χ0v) is 14.4. The van der Waals surface area contributed by atoms with Gasteiger partial charge in [0.15, 0.2) is 0 Å². The van der Waals surface area contributed by atoms with Gasteiger partial charge in [0, 0.05) is 19.5 Å². The van der Waals surface area contributed by atoms with Gasteiger partial charge in [0.2, 0.25) is 11.8 Å². The maximum atomic E-state index is 12.6. The molecular formula is C17H24ClN3O2. The molecule has 1 aromatic rings. The lowest BCUT2D eigenvalue weighted by Crippen LogP contribution is -2.54. The number of rotatable bonds is 6. The van der Waals surface area contributed by atoms with Gasteiger partial charge in [0.05, 0.1) is 22.2 Å². The van der Waals surface area contributed by atoms with E-state index in [1.54, 1.807) is 17.0 Å². The predicted octanol–water partition coefficient (Wildman–Crippen LogP) is 2.33. The van der Waals surface area contributed by atoms with Crippen molar-refractivity contribution in [3.05, 3.63) is 29.3 Å². The molecule has 0 spiro atoms. The summed E-state index contributed by atoms with van der Waals surface area (Å²) in [5.41, 5.74) is 6.10. The number of carbonyl (C=O) groups is 2. The normalized spacial score (nSPS) is 18.3. The van der Waals surface area contributed by atoms with Gasteiger partial charge in [-0.2, -0.15) is 0 Å². The molecule has 1 saturated heterocycles. The van der Waals surface area contributed by atoms with Crippen molar-refractivity contribution in [2.24, 2.45) is 11.7 Å². The first kappa shape index (κ1) is 17.8. The monoisotopic (exact) mass is 337 g/mol. The van der Waals surface area contributed by atoms with Crippen LogP contribution in [0.5, 0.6) is 0 Å². The average Bonchev–Trinajstić information content (AvgIpc) is 2.95. The van der Waals surface area contributed by atoms with E-state index < -0.39 is 5.54 Å². The van der Waals surface area contributed by atoms with Gasteiger partial charge in [-0.05, 0) is 25.0 Å². The lowest BCUT2D eigenvalue weighted by Gasteiger charge is -2.32. The van der Waals surface area contributed by atoms with E-state index in [1.165, 1.54) is 0 Å². The highest BCUT2D eigenvalue weighted by atomic mass is 35.5. The summed E-state index contributed by atoms with van der Waals surface area (Å²) in [4.78, 5) is 26.4. The zero-order chi connectivity index (χ0) is 17.0. The van der Waals surface area contributed by atoms with Crippen molar-refractivity contribution in [1.29, 1.82) is 0 Å². The van der Waals surface area contributed by atoms with Crippen LogP contribution in [0.4, 0.5) is 5.69 Å². The number of hydrogen-bond acceptors (Lipinski definition) is 3. The van der Waals surface area contributed by atoms with Crippen molar-refractivity contribution in [3.63, 3.8) is 0 Å². The van der Waals surface area contributed by atoms with Crippen LogP contribution >= 0.6 is 11.6 Å². The molecule has 0 aliphatic carbocycles. The predicted molar refractivity (Wildman–Crippen MR) is 92.4 cm³/mol. The van der Waals surface area contributed by atoms with Gasteiger partial charge in [-0.3, -0.25) is 9.59 Å².